The number of aliphatic hydroxyl groups excluding tert-OH is 6. The predicted molar refractivity (Wildman–Crippen MR) is 287 cm³/mol. The van der Waals surface area contributed by atoms with E-state index in [1.807, 2.05) is 0 Å². The molecule has 0 aromatic heterocycles. The fraction of sp³-hybridized carbons (Fsp3) is 0.759. The average Bonchev–Trinajstić information content (AvgIpc) is 2.88. The van der Waals surface area contributed by atoms with Crippen LogP contribution in [0.4, 0.5) is 0 Å². The number of ether oxygens (including phenoxy) is 13. The highest BCUT2D eigenvalue weighted by atomic mass is 16.7. The lowest BCUT2D eigenvalue weighted by atomic mass is 9.75. The summed E-state index contributed by atoms with van der Waals surface area (Å²) in [5.41, 5.74) is -1.56. The number of benzene rings is 2. The number of aromatic hydroxyl groups is 2. The van der Waals surface area contributed by atoms with E-state index in [2.05, 4.69) is 0 Å². The molecule has 26 nitrogen and oxygen atoms in total. The second-order valence-electron chi connectivity index (χ2n) is 23.9. The first-order valence-corrected chi connectivity index (χ1v) is 28.7. The van der Waals surface area contributed by atoms with E-state index in [9.17, 15) is 60.3 Å². The predicted octanol–water partition coefficient (Wildman–Crippen LogP) is 1.53. The summed E-state index contributed by atoms with van der Waals surface area (Å²) in [6.07, 6.45) is -27.4. The number of phenols is 2. The van der Waals surface area contributed by atoms with Crippen molar-refractivity contribution in [3.8, 4) is 17.2 Å². The molecule has 84 heavy (non-hydrogen) atoms. The number of hydrogen-bond acceptors (Lipinski definition) is 26. The maximum Gasteiger partial charge on any atom is 0.308 e. The lowest BCUT2D eigenvalue weighted by molar-refractivity contribution is -0.334. The molecular weight excluding hydrogens is 1110 g/mol. The van der Waals surface area contributed by atoms with E-state index in [-0.39, 0.29) is 71.7 Å². The molecule has 5 saturated heterocycles. The number of fused-ring (bicyclic) bond motifs is 2. The quantitative estimate of drug-likeness (QED) is 0.0956. The summed E-state index contributed by atoms with van der Waals surface area (Å²) in [6.45, 7) is 16.7. The van der Waals surface area contributed by atoms with Gasteiger partial charge < -0.3 is 108 Å². The third-order valence-electron chi connectivity index (χ3n) is 16.8. The number of hydrogen-bond donors (Lipinski definition) is 9. The summed E-state index contributed by atoms with van der Waals surface area (Å²) in [7, 11) is 1.18. The molecule has 0 bridgehead atoms. The van der Waals surface area contributed by atoms with E-state index in [0.717, 1.165) is 0 Å². The van der Waals surface area contributed by atoms with E-state index in [1.54, 1.807) is 41.5 Å². The number of esters is 2. The first-order chi connectivity index (χ1) is 39.4. The van der Waals surface area contributed by atoms with E-state index in [4.69, 9.17) is 61.6 Å². The van der Waals surface area contributed by atoms with Crippen LogP contribution in [0.5, 0.6) is 17.2 Å². The van der Waals surface area contributed by atoms with Crippen LogP contribution in [0, 0.1) is 18.8 Å². The van der Waals surface area contributed by atoms with Crippen LogP contribution >= 0.6 is 0 Å². The molecule has 1 aliphatic carbocycles. The first kappa shape index (κ1) is 65.7. The second-order valence-corrected chi connectivity index (χ2v) is 23.9. The Kier molecular flexibility index (Phi) is 20.8. The number of ketones is 2. The molecule has 5 fully saturated rings. The summed E-state index contributed by atoms with van der Waals surface area (Å²) in [5.74, 6) is -5.77. The minimum Gasteiger partial charge on any atom is -0.507 e. The standard InChI is InChI=1S/C58H84O26/c1-21(2)57(70)84-56-28(9)77-42(20-58(56,11)71)81-36-17-39(74-25(6)49(36)66)80-35-18-41(75-26(7)48(35)65)83-55-32(54(72-12)52(69)46(63)23(4)59)14-30-13-31-15-34(22(3)45(62)43(31)50(67)44(30)51(55)68)79-40-19-37(53(27(8)76-40)78-29(10)60)82-38-16-33(61)47(64)24(5)73-38/h13,15,21,23-28,32-33,35-42,46-49,53-56,59,61-67,71H,14,16-20H2,1-12H3/t23-,24+,25-,26+,27+,28-,32+,33+,35+,36-,37-,38-,39+,40-,41-,42+,46+,47-,48-,49+,53-,54+,55+,56-,58-/m1/s1. The summed E-state index contributed by atoms with van der Waals surface area (Å²) in [5, 5.41) is 100. The Morgan fingerprint density at radius 1 is 0.690 bits per heavy atom. The zero-order valence-corrected chi connectivity index (χ0v) is 49.3. The van der Waals surface area contributed by atoms with E-state index in [0.29, 0.717) is 0 Å². The topological polar surface area (TPSA) is 370 Å². The number of carbonyl (C=O) groups excluding carboxylic acids is 4. The van der Waals surface area contributed by atoms with E-state index >= 15 is 4.79 Å². The van der Waals surface area contributed by atoms with E-state index in [1.165, 1.54) is 53.9 Å². The van der Waals surface area contributed by atoms with Crippen molar-refractivity contribution in [3.63, 3.8) is 0 Å². The molecule has 0 unspecified atom stereocenters. The van der Waals surface area contributed by atoms with Gasteiger partial charge in [-0.2, -0.15) is 0 Å². The van der Waals surface area contributed by atoms with Crippen molar-refractivity contribution in [1.82, 2.24) is 0 Å². The van der Waals surface area contributed by atoms with Gasteiger partial charge >= 0.3 is 11.9 Å². The molecule has 6 aliphatic rings. The second kappa shape index (κ2) is 26.6. The number of phenolic OH excluding ortho intramolecular Hbond substituents is 2. The van der Waals surface area contributed by atoms with Gasteiger partial charge in [-0.1, -0.05) is 13.8 Å². The lowest BCUT2D eigenvalue weighted by Crippen LogP contribution is -2.59. The smallest absolute Gasteiger partial charge is 0.308 e. The van der Waals surface area contributed by atoms with Crippen LogP contribution < -0.4 is 4.74 Å². The maximum absolute atomic E-state index is 15.1. The maximum atomic E-state index is 15.1. The average molecular weight is 1200 g/mol. The van der Waals surface area contributed by atoms with Crippen molar-refractivity contribution >= 4 is 34.3 Å². The van der Waals surface area contributed by atoms with Crippen molar-refractivity contribution in [2.24, 2.45) is 11.8 Å². The lowest BCUT2D eigenvalue weighted by Gasteiger charge is -2.47. The van der Waals surface area contributed by atoms with Crippen molar-refractivity contribution in [3.05, 3.63) is 28.8 Å². The van der Waals surface area contributed by atoms with Crippen molar-refractivity contribution in [2.75, 3.05) is 7.11 Å². The Bertz CT molecular complexity index is 2650. The molecule has 5 aliphatic heterocycles. The van der Waals surface area contributed by atoms with Crippen LogP contribution in [-0.4, -0.2) is 223 Å². The molecule has 0 radical (unpaired) electrons. The Balaban J connectivity index is 1.03. The minimum absolute atomic E-state index is 0.0584. The fourth-order valence-electron chi connectivity index (χ4n) is 12.2. The number of Topliss-reactive ketones (excluding diaryl/α,β-unsaturated/α-hetero) is 2. The monoisotopic (exact) mass is 1200 g/mol. The number of methoxy groups -OCH3 is 1. The normalized spacial score (nSPS) is 39.5. The molecule has 0 amide bonds. The molecule has 0 spiro atoms. The molecule has 26 heteroatoms. The van der Waals surface area contributed by atoms with Gasteiger partial charge in [0.1, 0.15) is 65.6 Å². The van der Waals surface area contributed by atoms with Gasteiger partial charge in [0.2, 0.25) is 6.29 Å². The zero-order chi connectivity index (χ0) is 61.7. The van der Waals surface area contributed by atoms with Crippen molar-refractivity contribution in [1.29, 1.82) is 0 Å². The van der Waals surface area contributed by atoms with Gasteiger partial charge in [0, 0.05) is 57.6 Å². The molecule has 0 saturated carbocycles. The van der Waals surface area contributed by atoms with Gasteiger partial charge in [0.25, 0.3) is 0 Å². The minimum atomic E-state index is -1.97. The van der Waals surface area contributed by atoms with E-state index < -0.39 is 194 Å². The molecule has 5 heterocycles. The van der Waals surface area contributed by atoms with Crippen LogP contribution in [0.3, 0.4) is 0 Å². The third kappa shape index (κ3) is 14.0. The fourth-order valence-corrected chi connectivity index (χ4v) is 12.2. The zero-order valence-electron chi connectivity index (χ0n) is 49.3. The van der Waals surface area contributed by atoms with Gasteiger partial charge in [-0.3, -0.25) is 19.2 Å². The summed E-state index contributed by atoms with van der Waals surface area (Å²) >= 11 is 0. The summed E-state index contributed by atoms with van der Waals surface area (Å²) < 4.78 is 78.8. The highest BCUT2D eigenvalue weighted by molar-refractivity contribution is 6.11. The highest BCUT2D eigenvalue weighted by Gasteiger charge is 2.53. The summed E-state index contributed by atoms with van der Waals surface area (Å²) in [4.78, 5) is 53.8. The Morgan fingerprint density at radius 2 is 1.23 bits per heavy atom. The number of aliphatic hydroxyl groups is 7. The van der Waals surface area contributed by atoms with Crippen LogP contribution in [0.15, 0.2) is 12.1 Å². The molecule has 472 valence electrons. The molecule has 2 aromatic rings. The van der Waals surface area contributed by atoms with Gasteiger partial charge in [0.05, 0.1) is 71.8 Å². The third-order valence-corrected chi connectivity index (χ3v) is 16.8. The first-order valence-electron chi connectivity index (χ1n) is 28.7. The Labute approximate surface area is 486 Å². The van der Waals surface area contributed by atoms with Gasteiger partial charge in [0.15, 0.2) is 48.9 Å². The van der Waals surface area contributed by atoms with Gasteiger partial charge in [-0.25, -0.2) is 0 Å². The van der Waals surface area contributed by atoms with Gasteiger partial charge in [-0.15, -0.1) is 0 Å². The largest absolute Gasteiger partial charge is 0.507 e. The number of carbonyl (C=O) groups is 4. The summed E-state index contributed by atoms with van der Waals surface area (Å²) in [6, 6.07) is 3.01. The molecule has 2 aromatic carbocycles. The molecule has 25 atom stereocenters. The molecule has 9 N–H and O–H groups in total. The Morgan fingerprint density at radius 3 is 1.79 bits per heavy atom. The van der Waals surface area contributed by atoms with Crippen LogP contribution in [0.2, 0.25) is 0 Å². The van der Waals surface area contributed by atoms with Crippen molar-refractivity contribution in [2.45, 2.75) is 262 Å². The molecular formula is C58H84O26. The Hall–Kier alpha value is -4.30. The number of rotatable bonds is 18. The highest BCUT2D eigenvalue weighted by Crippen LogP contribution is 2.48. The van der Waals surface area contributed by atoms with Crippen LogP contribution in [0.1, 0.15) is 123 Å². The van der Waals surface area contributed by atoms with Crippen LogP contribution in [-0.2, 0) is 77.6 Å². The van der Waals surface area contributed by atoms with Crippen LogP contribution in [0.25, 0.3) is 10.8 Å². The van der Waals surface area contributed by atoms with Gasteiger partial charge in [-0.05, 0) is 84.9 Å². The van der Waals surface area contributed by atoms with Crippen molar-refractivity contribution < 1.29 is 127 Å². The SMILES string of the molecule is CO[C@H](C(=O)[C@@H](O)[C@@H](C)O)[C@@H]1Cc2cc3cc(O[C@@H]4C[C@@H](O[C@@H]5C[C@H](O)[C@H](O)[C@H](C)O5)[C@H](OC(C)=O)[C@H](C)O4)c(C)c(O)c3c(O)c2C(=O)[C@H]1O[C@@H]1C[C@H](O[C@H]2C[C@@H](O[C@H]3C[C@@](C)(O)[C@H](OC(=O)C(C)C)[C@@H](C)O3)[C@@H](O)[C@@H](C)O2)[C@H](O)[C@H](C)O1. The molecule has 8 rings (SSSR count).